The lowest BCUT2D eigenvalue weighted by Crippen LogP contribution is -2.43. The van der Waals surface area contributed by atoms with Gasteiger partial charge in [-0.2, -0.15) is 0 Å². The molecule has 0 bridgehead atoms. The van der Waals surface area contributed by atoms with Gasteiger partial charge < -0.3 is 8.98 Å². The van der Waals surface area contributed by atoms with Crippen molar-refractivity contribution in [2.75, 3.05) is 0 Å². The first-order valence-corrected chi connectivity index (χ1v) is 28.1. The molecule has 78 heavy (non-hydrogen) atoms. The van der Waals surface area contributed by atoms with Crippen LogP contribution in [0.15, 0.2) is 235 Å². The molecule has 0 saturated heterocycles. The molecule has 0 unspecified atom stereocenters. The third-order valence-electron chi connectivity index (χ3n) is 19.0. The Bertz CT molecular complexity index is 4380. The monoisotopic (exact) mass is 999 g/mol. The second kappa shape index (κ2) is 16.5. The number of aromatic nitrogens is 1. The third kappa shape index (κ3) is 5.72. The van der Waals surface area contributed by atoms with Gasteiger partial charge in [0.05, 0.1) is 21.9 Å². The van der Waals surface area contributed by atoms with E-state index in [1.807, 2.05) is 0 Å². The minimum atomic E-state index is -0.567. The molecule has 0 radical (unpaired) electrons. The Morgan fingerprint density at radius 3 is 1.46 bits per heavy atom. The van der Waals surface area contributed by atoms with Crippen molar-refractivity contribution in [1.82, 2.24) is 4.57 Å². The topological polar surface area (TPSA) is 18.1 Å². The van der Waals surface area contributed by atoms with E-state index in [4.69, 9.17) is 4.42 Å². The molecule has 0 saturated carbocycles. The van der Waals surface area contributed by atoms with Gasteiger partial charge in [0.15, 0.2) is 0 Å². The van der Waals surface area contributed by atoms with Crippen LogP contribution in [-0.4, -0.2) is 4.57 Å². The summed E-state index contributed by atoms with van der Waals surface area (Å²) in [4.78, 5) is 0. The molecule has 2 heterocycles. The van der Waals surface area contributed by atoms with Gasteiger partial charge in [-0.05, 0) is 167 Å². The standard InChI is InChI=1S/C76H57NO/c1-5-74(6-2)67-46-50(77-70-33-19-11-25-56(70)57-26-12-20-34-71(57)77)37-40-58(67)73-59(47(3)4)43-48(44-69(73)74)35-38-51-39-42-72(78-51)49-36-41-66-68(45-49)76(62-29-15-9-23-54(62)55-24-10-16-30-63(55)76)65-32-18-17-31-64(65)75(66)60-27-13-7-21-52(60)53-22-8-14-28-61(53)75/h7-47H,5-6H2,1-4H3. The minimum absolute atomic E-state index is 0.128. The van der Waals surface area contributed by atoms with E-state index in [0.717, 1.165) is 29.9 Å². The lowest BCUT2D eigenvalue weighted by atomic mass is 9.52. The highest BCUT2D eigenvalue weighted by atomic mass is 16.3. The predicted octanol–water partition coefficient (Wildman–Crippen LogP) is 19.5. The zero-order valence-corrected chi connectivity index (χ0v) is 44.4. The van der Waals surface area contributed by atoms with Crippen LogP contribution in [0.2, 0.25) is 0 Å². The Kier molecular flexibility index (Phi) is 9.58. The highest BCUT2D eigenvalue weighted by molar-refractivity contribution is 6.09. The number of hydrogen-bond acceptors (Lipinski definition) is 1. The first kappa shape index (κ1) is 45.2. The first-order chi connectivity index (χ1) is 38.4. The number of fused-ring (bicyclic) bond motifs is 22. The van der Waals surface area contributed by atoms with Gasteiger partial charge in [-0.15, -0.1) is 0 Å². The van der Waals surface area contributed by atoms with Crippen LogP contribution in [-0.2, 0) is 16.2 Å². The normalized spacial score (nSPS) is 15.1. The van der Waals surface area contributed by atoms with E-state index in [1.54, 1.807) is 0 Å². The number of nitrogens with zero attached hydrogens (tertiary/aromatic N) is 1. The van der Waals surface area contributed by atoms with Gasteiger partial charge in [0.1, 0.15) is 11.5 Å². The Hall–Kier alpha value is -8.98. The summed E-state index contributed by atoms with van der Waals surface area (Å²) >= 11 is 0. The molecule has 16 rings (SSSR count). The maximum Gasteiger partial charge on any atom is 0.134 e. The third-order valence-corrected chi connectivity index (χ3v) is 19.0. The molecule has 10 aromatic carbocycles. The molecular weight excluding hydrogens is 943 g/mol. The van der Waals surface area contributed by atoms with E-state index < -0.39 is 10.8 Å². The van der Waals surface area contributed by atoms with Gasteiger partial charge >= 0.3 is 0 Å². The molecule has 2 aromatic heterocycles. The van der Waals surface area contributed by atoms with E-state index in [1.165, 1.54) is 128 Å². The van der Waals surface area contributed by atoms with Crippen LogP contribution in [0.1, 0.15) is 119 Å². The fourth-order valence-corrected chi connectivity index (χ4v) is 15.7. The SMILES string of the molecule is CCC1(CC)c2cc(-n3c4ccccc4c4ccccc43)ccc2-c2c(C(C)C)cc(C=Cc3ccc(-c4ccc5c(c4)C4(c6ccccc6-c6ccccc64)c4ccccc4C54c5ccccc5-c5ccccc54)o3)cc21. The molecule has 12 aromatic rings. The molecule has 372 valence electrons. The maximum atomic E-state index is 7.00. The summed E-state index contributed by atoms with van der Waals surface area (Å²) in [5.74, 6) is 2.02. The summed E-state index contributed by atoms with van der Waals surface area (Å²) in [6.45, 7) is 9.47. The molecule has 0 atom stereocenters. The van der Waals surface area contributed by atoms with Crippen molar-refractivity contribution in [3.63, 3.8) is 0 Å². The maximum absolute atomic E-state index is 7.00. The molecule has 0 fully saturated rings. The quantitative estimate of drug-likeness (QED) is 0.156. The van der Waals surface area contributed by atoms with Crippen LogP contribution in [0.25, 0.3) is 84.3 Å². The van der Waals surface area contributed by atoms with E-state index in [2.05, 4.69) is 275 Å². The zero-order valence-electron chi connectivity index (χ0n) is 44.4. The predicted molar refractivity (Wildman–Crippen MR) is 323 cm³/mol. The summed E-state index contributed by atoms with van der Waals surface area (Å²) in [5.41, 5.74) is 27.6. The van der Waals surface area contributed by atoms with Gasteiger partial charge in [0.2, 0.25) is 0 Å². The number of hydrogen-bond donors (Lipinski definition) is 0. The smallest absolute Gasteiger partial charge is 0.134 e. The molecular formula is C76H57NO. The number of benzene rings is 10. The largest absolute Gasteiger partial charge is 0.457 e. The van der Waals surface area contributed by atoms with Crippen molar-refractivity contribution in [1.29, 1.82) is 0 Å². The molecule has 2 nitrogen and oxygen atoms in total. The second-order valence-electron chi connectivity index (χ2n) is 22.6. The van der Waals surface area contributed by atoms with Crippen molar-refractivity contribution >= 4 is 34.0 Å². The molecule has 0 amide bonds. The van der Waals surface area contributed by atoms with Crippen molar-refractivity contribution in [2.45, 2.75) is 62.7 Å². The lowest BCUT2D eigenvalue weighted by Gasteiger charge is -2.49. The van der Waals surface area contributed by atoms with E-state index in [9.17, 15) is 0 Å². The minimum Gasteiger partial charge on any atom is -0.457 e. The summed E-state index contributed by atoms with van der Waals surface area (Å²) < 4.78 is 9.47. The number of rotatable bonds is 7. The lowest BCUT2D eigenvalue weighted by molar-refractivity contribution is 0.490. The van der Waals surface area contributed by atoms with Crippen LogP contribution in [0.3, 0.4) is 0 Å². The Morgan fingerprint density at radius 1 is 0.410 bits per heavy atom. The van der Waals surface area contributed by atoms with Crippen LogP contribution < -0.4 is 0 Å². The van der Waals surface area contributed by atoms with E-state index in [0.29, 0.717) is 5.92 Å². The van der Waals surface area contributed by atoms with Crippen LogP contribution in [0.4, 0.5) is 0 Å². The number of furan rings is 1. The first-order valence-electron chi connectivity index (χ1n) is 28.1. The Balaban J connectivity index is 0.829. The van der Waals surface area contributed by atoms with Crippen molar-refractivity contribution in [3.05, 3.63) is 303 Å². The Morgan fingerprint density at radius 2 is 0.910 bits per heavy atom. The highest BCUT2D eigenvalue weighted by Gasteiger charge is 2.59. The van der Waals surface area contributed by atoms with Gasteiger partial charge in [0.25, 0.3) is 0 Å². The fraction of sp³-hybridized carbons (Fsp3) is 0.132. The summed E-state index contributed by atoms with van der Waals surface area (Å²) in [6, 6.07) is 87.3. The average Bonchev–Trinajstić information content (AvgIpc) is 3.00. The second-order valence-corrected chi connectivity index (χ2v) is 22.6. The van der Waals surface area contributed by atoms with Gasteiger partial charge in [-0.1, -0.05) is 222 Å². The zero-order chi connectivity index (χ0) is 52.1. The molecule has 4 aliphatic rings. The van der Waals surface area contributed by atoms with Crippen molar-refractivity contribution in [3.8, 4) is 50.4 Å². The molecule has 4 aliphatic carbocycles. The highest BCUT2D eigenvalue weighted by Crippen LogP contribution is 2.68. The van der Waals surface area contributed by atoms with Gasteiger partial charge in [0, 0.05) is 27.4 Å². The molecule has 0 N–H and O–H groups in total. The van der Waals surface area contributed by atoms with Crippen LogP contribution in [0, 0.1) is 0 Å². The summed E-state index contributed by atoms with van der Waals surface area (Å²) in [6.07, 6.45) is 6.48. The van der Waals surface area contributed by atoms with E-state index >= 15 is 0 Å². The van der Waals surface area contributed by atoms with Gasteiger partial charge in [-0.25, -0.2) is 0 Å². The van der Waals surface area contributed by atoms with Crippen molar-refractivity contribution < 1.29 is 4.42 Å². The molecule has 2 spiro atoms. The van der Waals surface area contributed by atoms with Crippen molar-refractivity contribution in [2.24, 2.45) is 0 Å². The fourth-order valence-electron chi connectivity index (χ4n) is 15.7. The number of para-hydroxylation sites is 2. The summed E-state index contributed by atoms with van der Waals surface area (Å²) in [5, 5.41) is 2.57. The Labute approximate surface area is 456 Å². The molecule has 0 aliphatic heterocycles. The van der Waals surface area contributed by atoms with Gasteiger partial charge in [-0.3, -0.25) is 0 Å². The molecule has 2 heteroatoms. The van der Waals surface area contributed by atoms with Crippen LogP contribution >= 0.6 is 0 Å². The van der Waals surface area contributed by atoms with E-state index in [-0.39, 0.29) is 5.41 Å². The summed E-state index contributed by atoms with van der Waals surface area (Å²) in [7, 11) is 0. The van der Waals surface area contributed by atoms with Crippen LogP contribution in [0.5, 0.6) is 0 Å². The average molecular weight is 1000 g/mol.